The van der Waals surface area contributed by atoms with E-state index in [4.69, 9.17) is 5.11 Å². The smallest absolute Gasteiger partial charge is 0.326 e. The third-order valence-electron chi connectivity index (χ3n) is 6.21. The number of hydrogen-bond acceptors (Lipinski definition) is 4. The van der Waals surface area contributed by atoms with Crippen LogP contribution in [0.2, 0.25) is 0 Å². The van der Waals surface area contributed by atoms with Crippen LogP contribution in [-0.2, 0) is 19.2 Å². The zero-order valence-corrected chi connectivity index (χ0v) is 22.0. The van der Waals surface area contributed by atoms with Gasteiger partial charge < -0.3 is 20.8 Å². The highest BCUT2D eigenvalue weighted by atomic mass is 16.4. The van der Waals surface area contributed by atoms with Crippen LogP contribution in [0.15, 0.2) is 0 Å². The summed E-state index contributed by atoms with van der Waals surface area (Å²) in [4.78, 5) is 45.2. The summed E-state index contributed by atoms with van der Waals surface area (Å²) in [6.45, 7) is 2.31. The summed E-state index contributed by atoms with van der Waals surface area (Å²) in [5.41, 5.74) is 0. The lowest BCUT2D eigenvalue weighted by molar-refractivity contribution is -0.142. The van der Waals surface area contributed by atoms with Gasteiger partial charge in [0.2, 0.25) is 11.8 Å². The van der Waals surface area contributed by atoms with Gasteiger partial charge >= 0.3 is 11.9 Å². The maximum absolute atomic E-state index is 12.0. The molecule has 2 amide bonds. The molecule has 0 saturated carbocycles. The number of amides is 2. The lowest BCUT2D eigenvalue weighted by Gasteiger charge is -2.14. The molecule has 0 aliphatic heterocycles. The second kappa shape index (κ2) is 23.6. The minimum atomic E-state index is -1.10. The Labute approximate surface area is 212 Å². The quantitative estimate of drug-likeness (QED) is 0.121. The van der Waals surface area contributed by atoms with Crippen LogP contribution < -0.4 is 10.6 Å². The summed E-state index contributed by atoms with van der Waals surface area (Å²) >= 11 is 0. The van der Waals surface area contributed by atoms with Crippen molar-refractivity contribution in [2.45, 2.75) is 141 Å². The highest BCUT2D eigenvalue weighted by molar-refractivity contribution is 5.84. The van der Waals surface area contributed by atoms with Crippen LogP contribution in [0.25, 0.3) is 0 Å². The minimum absolute atomic E-state index is 0.0860. The molecule has 0 bridgehead atoms. The fourth-order valence-electron chi connectivity index (χ4n) is 4.12. The zero-order chi connectivity index (χ0) is 26.2. The van der Waals surface area contributed by atoms with Crippen LogP contribution in [0, 0.1) is 0 Å². The van der Waals surface area contributed by atoms with E-state index in [1.807, 2.05) is 0 Å². The molecule has 0 spiro atoms. The Morgan fingerprint density at radius 3 is 1.34 bits per heavy atom. The average molecular weight is 499 g/mol. The van der Waals surface area contributed by atoms with E-state index in [-0.39, 0.29) is 24.7 Å². The molecule has 8 nitrogen and oxygen atoms in total. The van der Waals surface area contributed by atoms with E-state index in [1.54, 1.807) is 6.92 Å². The standard InChI is InChI=1S/C27H50N2O6/c1-2-28-24(30)22-21-23(27(34)35)29-25(31)19-17-15-13-11-9-7-5-3-4-6-8-10-12-14-16-18-20-26(32)33/h23H,2-22H2,1H3,(H,28,30)(H,29,31)(H,32,33)(H,34,35)/t23-/m0/s1. The first kappa shape index (κ1) is 32.9. The molecular formula is C27H50N2O6. The van der Waals surface area contributed by atoms with E-state index in [1.165, 1.54) is 64.2 Å². The Morgan fingerprint density at radius 2 is 0.971 bits per heavy atom. The molecule has 0 aromatic carbocycles. The van der Waals surface area contributed by atoms with Gasteiger partial charge in [-0.05, 0) is 26.2 Å². The predicted molar refractivity (Wildman–Crippen MR) is 138 cm³/mol. The Morgan fingerprint density at radius 1 is 0.571 bits per heavy atom. The van der Waals surface area contributed by atoms with Gasteiger partial charge in [0.25, 0.3) is 0 Å². The lowest BCUT2D eigenvalue weighted by Crippen LogP contribution is -2.41. The number of carbonyl (C=O) groups is 4. The fourth-order valence-corrected chi connectivity index (χ4v) is 4.12. The van der Waals surface area contributed by atoms with E-state index in [9.17, 15) is 24.3 Å². The first-order chi connectivity index (χ1) is 16.9. The molecule has 204 valence electrons. The number of hydrogen-bond donors (Lipinski definition) is 4. The van der Waals surface area contributed by atoms with E-state index in [0.717, 1.165) is 38.5 Å². The third-order valence-corrected chi connectivity index (χ3v) is 6.21. The first-order valence-corrected chi connectivity index (χ1v) is 13.9. The van der Waals surface area contributed by atoms with Crippen molar-refractivity contribution in [1.82, 2.24) is 10.6 Å². The van der Waals surface area contributed by atoms with Crippen LogP contribution in [-0.4, -0.2) is 46.6 Å². The predicted octanol–water partition coefficient (Wildman–Crippen LogP) is 5.58. The highest BCUT2D eigenvalue weighted by Crippen LogP contribution is 2.14. The molecule has 0 aliphatic rings. The number of nitrogens with one attached hydrogen (secondary N) is 2. The van der Waals surface area contributed by atoms with Gasteiger partial charge in [-0.3, -0.25) is 14.4 Å². The molecule has 8 heteroatoms. The third kappa shape index (κ3) is 23.4. The van der Waals surface area contributed by atoms with Crippen molar-refractivity contribution in [2.75, 3.05) is 6.54 Å². The Bertz CT molecular complexity index is 582. The second-order valence-electron chi connectivity index (χ2n) is 9.50. The Hall–Kier alpha value is -2.12. The lowest BCUT2D eigenvalue weighted by atomic mass is 10.0. The van der Waals surface area contributed by atoms with Crippen molar-refractivity contribution in [3.63, 3.8) is 0 Å². The molecule has 0 saturated heterocycles. The molecule has 0 aliphatic carbocycles. The van der Waals surface area contributed by atoms with Crippen LogP contribution in [0.4, 0.5) is 0 Å². The second-order valence-corrected chi connectivity index (χ2v) is 9.50. The number of aliphatic carboxylic acids is 2. The van der Waals surface area contributed by atoms with Gasteiger partial charge in [0.15, 0.2) is 0 Å². The molecule has 0 unspecified atom stereocenters. The van der Waals surface area contributed by atoms with Crippen molar-refractivity contribution in [3.8, 4) is 0 Å². The first-order valence-electron chi connectivity index (χ1n) is 13.9. The molecule has 0 radical (unpaired) electrons. The van der Waals surface area contributed by atoms with Crippen LogP contribution in [0.1, 0.15) is 135 Å². The molecule has 35 heavy (non-hydrogen) atoms. The van der Waals surface area contributed by atoms with Crippen molar-refractivity contribution >= 4 is 23.8 Å². The summed E-state index contributed by atoms with van der Waals surface area (Å²) in [5, 5.41) is 23.0. The van der Waals surface area contributed by atoms with Gasteiger partial charge in [0.1, 0.15) is 6.04 Å². The molecular weight excluding hydrogens is 448 g/mol. The normalized spacial score (nSPS) is 11.7. The molecule has 0 rings (SSSR count). The summed E-state index contributed by atoms with van der Waals surface area (Å²) in [6, 6.07) is -1.01. The maximum Gasteiger partial charge on any atom is 0.326 e. The Balaban J connectivity index is 3.47. The van der Waals surface area contributed by atoms with Crippen molar-refractivity contribution in [3.05, 3.63) is 0 Å². The number of unbranched alkanes of at least 4 members (excludes halogenated alkanes) is 15. The molecule has 1 atom stereocenters. The van der Waals surface area contributed by atoms with Crippen molar-refractivity contribution < 1.29 is 29.4 Å². The molecule has 0 aromatic heterocycles. The van der Waals surface area contributed by atoms with E-state index in [0.29, 0.717) is 19.4 Å². The maximum atomic E-state index is 12.0. The van der Waals surface area contributed by atoms with Gasteiger partial charge in [-0.25, -0.2) is 4.79 Å². The van der Waals surface area contributed by atoms with Crippen LogP contribution in [0.3, 0.4) is 0 Å². The number of carboxylic acid groups (broad SMARTS) is 2. The molecule has 4 N–H and O–H groups in total. The minimum Gasteiger partial charge on any atom is -0.481 e. The summed E-state index contributed by atoms with van der Waals surface area (Å²) in [7, 11) is 0. The zero-order valence-electron chi connectivity index (χ0n) is 22.0. The van der Waals surface area contributed by atoms with Gasteiger partial charge in [0, 0.05) is 25.8 Å². The van der Waals surface area contributed by atoms with Gasteiger partial charge in [-0.15, -0.1) is 0 Å². The number of rotatable bonds is 25. The molecule has 0 fully saturated rings. The molecule has 0 aromatic rings. The number of carboxylic acids is 2. The van der Waals surface area contributed by atoms with Crippen molar-refractivity contribution in [1.29, 1.82) is 0 Å². The SMILES string of the molecule is CCNC(=O)CC[C@H](NC(=O)CCCCCCCCCCCCCCCCCCC(=O)O)C(=O)O. The van der Waals surface area contributed by atoms with Crippen molar-refractivity contribution in [2.24, 2.45) is 0 Å². The van der Waals surface area contributed by atoms with Crippen LogP contribution >= 0.6 is 0 Å². The van der Waals surface area contributed by atoms with E-state index >= 15 is 0 Å². The summed E-state index contributed by atoms with van der Waals surface area (Å²) < 4.78 is 0. The molecule has 0 heterocycles. The summed E-state index contributed by atoms with van der Waals surface area (Å²) in [5.74, 6) is -2.25. The van der Waals surface area contributed by atoms with Gasteiger partial charge in [0.05, 0.1) is 0 Å². The average Bonchev–Trinajstić information content (AvgIpc) is 2.80. The van der Waals surface area contributed by atoms with Gasteiger partial charge in [-0.2, -0.15) is 0 Å². The fraction of sp³-hybridized carbons (Fsp3) is 0.852. The largest absolute Gasteiger partial charge is 0.481 e. The van der Waals surface area contributed by atoms with Gasteiger partial charge in [-0.1, -0.05) is 89.9 Å². The summed E-state index contributed by atoms with van der Waals surface area (Å²) in [6.07, 6.45) is 19.2. The topological polar surface area (TPSA) is 133 Å². The highest BCUT2D eigenvalue weighted by Gasteiger charge is 2.20. The van der Waals surface area contributed by atoms with E-state index < -0.39 is 18.0 Å². The van der Waals surface area contributed by atoms with E-state index in [2.05, 4.69) is 10.6 Å². The Kier molecular flexibility index (Phi) is 22.2. The monoisotopic (exact) mass is 498 g/mol. The number of carbonyl (C=O) groups excluding carboxylic acids is 2. The van der Waals surface area contributed by atoms with Crippen LogP contribution in [0.5, 0.6) is 0 Å².